The number of benzene rings is 1. The second-order valence-electron chi connectivity index (χ2n) is 3.60. The number of ether oxygens (including phenoxy) is 1. The van der Waals surface area contributed by atoms with Crippen molar-refractivity contribution in [3.63, 3.8) is 0 Å². The van der Waals surface area contributed by atoms with Gasteiger partial charge in [0, 0.05) is 12.3 Å². The molecular formula is C12H8ClFN2O3. The highest BCUT2D eigenvalue weighted by Gasteiger charge is 2.10. The van der Waals surface area contributed by atoms with E-state index < -0.39 is 11.8 Å². The highest BCUT2D eigenvalue weighted by Crippen LogP contribution is 2.28. The minimum Gasteiger partial charge on any atom is -0.478 e. The van der Waals surface area contributed by atoms with Crippen LogP contribution in [-0.4, -0.2) is 16.1 Å². The summed E-state index contributed by atoms with van der Waals surface area (Å²) < 4.78 is 18.3. The molecule has 3 N–H and O–H groups in total. The van der Waals surface area contributed by atoms with Crippen LogP contribution in [0.4, 0.5) is 10.1 Å². The highest BCUT2D eigenvalue weighted by atomic mass is 35.5. The number of carboxylic acids is 1. The number of anilines is 1. The zero-order chi connectivity index (χ0) is 14.0. The molecule has 0 saturated carbocycles. The van der Waals surface area contributed by atoms with Crippen molar-refractivity contribution in [2.75, 3.05) is 5.73 Å². The fraction of sp³-hybridized carbons (Fsp3) is 0. The minimum atomic E-state index is -1.14. The van der Waals surface area contributed by atoms with Gasteiger partial charge in [0.05, 0.1) is 16.3 Å². The van der Waals surface area contributed by atoms with E-state index in [1.165, 1.54) is 18.2 Å². The first-order chi connectivity index (χ1) is 8.97. The summed E-state index contributed by atoms with van der Waals surface area (Å²) >= 11 is 5.60. The van der Waals surface area contributed by atoms with Gasteiger partial charge in [0.15, 0.2) is 0 Å². The first-order valence-corrected chi connectivity index (χ1v) is 5.47. The number of nitrogens with two attached hydrogens (primary N) is 1. The van der Waals surface area contributed by atoms with Crippen LogP contribution >= 0.6 is 11.6 Å². The van der Waals surface area contributed by atoms with Crippen molar-refractivity contribution < 1.29 is 19.0 Å². The third kappa shape index (κ3) is 2.92. The minimum absolute atomic E-state index is 0.0210. The molecule has 2 aromatic rings. The Hall–Kier alpha value is -2.34. The average molecular weight is 283 g/mol. The van der Waals surface area contributed by atoms with Crippen molar-refractivity contribution >= 4 is 23.3 Å². The largest absolute Gasteiger partial charge is 0.478 e. The molecule has 0 saturated heterocycles. The highest BCUT2D eigenvalue weighted by molar-refractivity contribution is 6.30. The predicted octanol–water partition coefficient (Wildman–Crippen LogP) is 2.95. The van der Waals surface area contributed by atoms with Gasteiger partial charge in [-0.1, -0.05) is 11.6 Å². The van der Waals surface area contributed by atoms with E-state index in [0.717, 1.165) is 12.3 Å². The van der Waals surface area contributed by atoms with Crippen LogP contribution in [0.2, 0.25) is 5.02 Å². The van der Waals surface area contributed by atoms with Crippen LogP contribution in [-0.2, 0) is 0 Å². The number of rotatable bonds is 3. The third-order valence-electron chi connectivity index (χ3n) is 2.23. The van der Waals surface area contributed by atoms with Gasteiger partial charge in [-0.25, -0.2) is 14.2 Å². The van der Waals surface area contributed by atoms with Gasteiger partial charge in [-0.15, -0.1) is 0 Å². The van der Waals surface area contributed by atoms with Gasteiger partial charge in [0.1, 0.15) is 11.6 Å². The molecule has 98 valence electrons. The fourth-order valence-corrected chi connectivity index (χ4v) is 1.49. The lowest BCUT2D eigenvalue weighted by molar-refractivity contribution is 0.0696. The molecule has 5 nitrogen and oxygen atoms in total. The molecular weight excluding hydrogens is 275 g/mol. The lowest BCUT2D eigenvalue weighted by atomic mass is 10.2. The standard InChI is InChI=1S/C12H8ClFN2O3/c13-8-4-7(1-2-9(8)14)19-11-10(15)3-6(5-16-11)12(17)18/h1-5H,15H2,(H,17,18). The Morgan fingerprint density at radius 3 is 2.74 bits per heavy atom. The van der Waals surface area contributed by atoms with Gasteiger partial charge < -0.3 is 15.6 Å². The maximum absolute atomic E-state index is 13.0. The molecule has 0 aliphatic heterocycles. The van der Waals surface area contributed by atoms with E-state index in [1.807, 2.05) is 0 Å². The van der Waals surface area contributed by atoms with Crippen molar-refractivity contribution in [2.45, 2.75) is 0 Å². The first-order valence-electron chi connectivity index (χ1n) is 5.09. The van der Waals surface area contributed by atoms with Crippen molar-refractivity contribution in [3.05, 3.63) is 46.9 Å². The lowest BCUT2D eigenvalue weighted by Gasteiger charge is -2.08. The molecule has 0 unspecified atom stereocenters. The molecule has 0 radical (unpaired) electrons. The number of halogens is 2. The molecule has 7 heteroatoms. The first kappa shape index (κ1) is 13.1. The summed E-state index contributed by atoms with van der Waals surface area (Å²) in [5, 5.41) is 8.66. The summed E-state index contributed by atoms with van der Waals surface area (Å²) in [7, 11) is 0. The number of aromatic carboxylic acids is 1. The lowest BCUT2D eigenvalue weighted by Crippen LogP contribution is -2.01. The molecule has 2 rings (SSSR count). The van der Waals surface area contributed by atoms with Gasteiger partial charge in [0.2, 0.25) is 5.88 Å². The van der Waals surface area contributed by atoms with E-state index in [9.17, 15) is 9.18 Å². The van der Waals surface area contributed by atoms with Crippen LogP contribution in [0.5, 0.6) is 11.6 Å². The molecule has 0 aliphatic rings. The van der Waals surface area contributed by atoms with Crippen LogP contribution in [0.15, 0.2) is 30.5 Å². The number of hydrogen-bond donors (Lipinski definition) is 2. The van der Waals surface area contributed by atoms with Gasteiger partial charge in [0.25, 0.3) is 0 Å². The summed E-state index contributed by atoms with van der Waals surface area (Å²) in [6.07, 6.45) is 1.11. The Kier molecular flexibility index (Phi) is 3.52. The fourth-order valence-electron chi connectivity index (χ4n) is 1.32. The molecule has 19 heavy (non-hydrogen) atoms. The zero-order valence-electron chi connectivity index (χ0n) is 9.43. The summed E-state index contributed by atoms with van der Waals surface area (Å²) in [5.41, 5.74) is 5.62. The maximum Gasteiger partial charge on any atom is 0.337 e. The summed E-state index contributed by atoms with van der Waals surface area (Å²) in [6, 6.07) is 4.98. The molecule has 0 spiro atoms. The Bertz CT molecular complexity index is 649. The molecule has 1 heterocycles. The maximum atomic E-state index is 13.0. The second kappa shape index (κ2) is 5.11. The summed E-state index contributed by atoms with van der Waals surface area (Å²) in [4.78, 5) is 14.5. The van der Waals surface area contributed by atoms with Gasteiger partial charge in [-0.2, -0.15) is 0 Å². The quantitative estimate of drug-likeness (QED) is 0.904. The third-order valence-corrected chi connectivity index (χ3v) is 2.52. The SMILES string of the molecule is Nc1cc(C(=O)O)cnc1Oc1ccc(F)c(Cl)c1. The predicted molar refractivity (Wildman–Crippen MR) is 67.1 cm³/mol. The van der Waals surface area contributed by atoms with Crippen molar-refractivity contribution in [1.29, 1.82) is 0 Å². The Morgan fingerprint density at radius 2 is 2.16 bits per heavy atom. The van der Waals surface area contributed by atoms with Gasteiger partial charge in [-0.05, 0) is 18.2 Å². The molecule has 0 aliphatic carbocycles. The van der Waals surface area contributed by atoms with Crippen molar-refractivity contribution in [1.82, 2.24) is 4.98 Å². The number of pyridine rings is 1. The van der Waals surface area contributed by atoms with Crippen molar-refractivity contribution in [3.8, 4) is 11.6 Å². The van der Waals surface area contributed by atoms with Crippen LogP contribution in [0, 0.1) is 5.82 Å². The molecule has 0 bridgehead atoms. The van der Waals surface area contributed by atoms with Gasteiger partial charge >= 0.3 is 5.97 Å². The van der Waals surface area contributed by atoms with Crippen LogP contribution < -0.4 is 10.5 Å². The number of carboxylic acid groups (broad SMARTS) is 1. The number of hydrogen-bond acceptors (Lipinski definition) is 4. The topological polar surface area (TPSA) is 85.4 Å². The second-order valence-corrected chi connectivity index (χ2v) is 4.01. The smallest absolute Gasteiger partial charge is 0.337 e. The molecule has 0 amide bonds. The molecule has 1 aromatic carbocycles. The van der Waals surface area contributed by atoms with Crippen LogP contribution in [0.25, 0.3) is 0 Å². The average Bonchev–Trinajstić information content (AvgIpc) is 2.36. The van der Waals surface area contributed by atoms with E-state index >= 15 is 0 Å². The summed E-state index contributed by atoms with van der Waals surface area (Å²) in [6.45, 7) is 0. The summed E-state index contributed by atoms with van der Waals surface area (Å²) in [5.74, 6) is -1.45. The Morgan fingerprint density at radius 1 is 1.42 bits per heavy atom. The van der Waals surface area contributed by atoms with Gasteiger partial charge in [-0.3, -0.25) is 0 Å². The Labute approximate surface area is 112 Å². The van der Waals surface area contributed by atoms with E-state index in [0.29, 0.717) is 0 Å². The molecule has 0 atom stereocenters. The monoisotopic (exact) mass is 282 g/mol. The number of nitrogen functional groups attached to an aromatic ring is 1. The van der Waals surface area contributed by atoms with E-state index in [4.69, 9.17) is 27.2 Å². The number of aromatic nitrogens is 1. The normalized spacial score (nSPS) is 10.2. The van der Waals surface area contributed by atoms with E-state index in [1.54, 1.807) is 0 Å². The van der Waals surface area contributed by atoms with Crippen molar-refractivity contribution in [2.24, 2.45) is 0 Å². The van der Waals surface area contributed by atoms with E-state index in [2.05, 4.69) is 4.98 Å². The van der Waals surface area contributed by atoms with E-state index in [-0.39, 0.29) is 27.9 Å². The Balaban J connectivity index is 2.28. The zero-order valence-corrected chi connectivity index (χ0v) is 10.2. The van der Waals surface area contributed by atoms with Crippen LogP contribution in [0.3, 0.4) is 0 Å². The molecule has 0 fully saturated rings. The van der Waals surface area contributed by atoms with Crippen LogP contribution in [0.1, 0.15) is 10.4 Å². The number of carbonyl (C=O) groups is 1. The molecule has 1 aromatic heterocycles. The number of nitrogens with zero attached hydrogens (tertiary/aromatic N) is 1.